The first-order valence-electron chi connectivity index (χ1n) is 8.05. The van der Waals surface area contributed by atoms with Crippen molar-refractivity contribution in [2.45, 2.75) is 0 Å². The summed E-state index contributed by atoms with van der Waals surface area (Å²) in [5.74, 6) is -5.67. The van der Waals surface area contributed by atoms with Crippen LogP contribution < -0.4 is 20.4 Å². The number of H-pyrrole nitrogens is 4. The summed E-state index contributed by atoms with van der Waals surface area (Å²) in [5.41, 5.74) is 0. The molecule has 17 heteroatoms. The number of hydrogen-bond acceptors (Lipinski definition) is 12. The zero-order valence-electron chi connectivity index (χ0n) is 16.2. The molecule has 33 heavy (non-hydrogen) atoms. The van der Waals surface area contributed by atoms with Gasteiger partial charge >= 0.3 is 21.7 Å². The molecule has 4 rings (SSSR count). The summed E-state index contributed by atoms with van der Waals surface area (Å²) in [6, 6.07) is 0. The maximum Gasteiger partial charge on any atom is 4.00 e. The van der Waals surface area contributed by atoms with Gasteiger partial charge in [0.25, 0.3) is 0 Å². The molecule has 0 radical (unpaired) electrons. The second-order valence-corrected chi connectivity index (χ2v) is 4.90. The molecule has 0 fully saturated rings. The van der Waals surface area contributed by atoms with Crippen molar-refractivity contribution in [3.63, 3.8) is 0 Å². The normalized spacial score (nSPS) is 8.73. The average Bonchev–Trinajstić information content (AvgIpc) is 3.56. The van der Waals surface area contributed by atoms with E-state index < -0.39 is 23.9 Å². The molecule has 4 aromatic heterocycles. The third-order valence-corrected chi connectivity index (χ3v) is 2.77. The van der Waals surface area contributed by atoms with Crippen LogP contribution in [0.3, 0.4) is 0 Å². The Balaban J connectivity index is 0.000000410. The van der Waals surface area contributed by atoms with E-state index in [1.165, 1.54) is 49.6 Å². The van der Waals surface area contributed by atoms with Gasteiger partial charge in [-0.3, -0.25) is 0 Å². The first kappa shape index (κ1) is 28.4. The maximum atomic E-state index is 9.86. The summed E-state index contributed by atoms with van der Waals surface area (Å²) in [4.78, 5) is 62.5. The van der Waals surface area contributed by atoms with Crippen molar-refractivity contribution in [3.8, 4) is 0 Å². The number of aromatic carboxylic acids is 4. The Bertz CT molecular complexity index is 903. The molecule has 16 nitrogen and oxygen atoms in total. The Labute approximate surface area is 198 Å². The molecule has 4 N–H and O–H groups in total. The predicted molar refractivity (Wildman–Crippen MR) is 91.7 cm³/mol. The maximum absolute atomic E-state index is 9.86. The molecule has 4 heterocycles. The van der Waals surface area contributed by atoms with Gasteiger partial charge in [0.05, 0.1) is 0 Å². The Kier molecular flexibility index (Phi) is 13.2. The molecule has 4 aromatic rings. The quantitative estimate of drug-likeness (QED) is 0.195. The van der Waals surface area contributed by atoms with Crippen LogP contribution in [0.1, 0.15) is 42.5 Å². The number of hydrogen-bond donors (Lipinski definition) is 4. The van der Waals surface area contributed by atoms with Gasteiger partial charge in [-0.1, -0.05) is 0 Å². The monoisotopic (exact) mass is 492 g/mol. The smallest absolute Gasteiger partial charge is 0.542 e. The SMILES string of the molecule is O=C([O-])c1ncc[nH]1.O=C([O-])c1ncc[nH]1.O=C([O-])c1ncc[nH]1.O=C([O-])c1ncc[nH]1.[Ti+4]. The topological polar surface area (TPSA) is 275 Å². The Morgan fingerprint density at radius 3 is 0.727 bits per heavy atom. The average molecular weight is 492 g/mol. The molecule has 0 bridgehead atoms. The molecule has 0 saturated carbocycles. The van der Waals surface area contributed by atoms with Crippen molar-refractivity contribution in [1.82, 2.24) is 39.9 Å². The fraction of sp³-hybridized carbons (Fsp3) is 0. The van der Waals surface area contributed by atoms with Crippen molar-refractivity contribution in [2.24, 2.45) is 0 Å². The number of aromatic nitrogens is 8. The number of nitrogens with one attached hydrogen (secondary N) is 4. The number of aromatic amines is 4. The molecule has 0 saturated heterocycles. The zero-order valence-corrected chi connectivity index (χ0v) is 17.7. The van der Waals surface area contributed by atoms with Crippen molar-refractivity contribution in [1.29, 1.82) is 0 Å². The number of nitrogens with zero attached hydrogens (tertiary/aromatic N) is 4. The van der Waals surface area contributed by atoms with Gasteiger partial charge in [-0.05, 0) is 0 Å². The number of carbonyl (C=O) groups excluding carboxylic acids is 4. The molecule has 0 aliphatic carbocycles. The second kappa shape index (κ2) is 15.3. The zero-order chi connectivity index (χ0) is 23.9. The van der Waals surface area contributed by atoms with E-state index in [-0.39, 0.29) is 45.0 Å². The summed E-state index contributed by atoms with van der Waals surface area (Å²) in [6.07, 6.45) is 11.1. The summed E-state index contributed by atoms with van der Waals surface area (Å²) >= 11 is 0. The van der Waals surface area contributed by atoms with Crippen LogP contribution >= 0.6 is 0 Å². The summed E-state index contributed by atoms with van der Waals surface area (Å²) < 4.78 is 0. The van der Waals surface area contributed by atoms with Gasteiger partial charge < -0.3 is 59.5 Å². The Morgan fingerprint density at radius 2 is 0.667 bits per heavy atom. The molecular weight excluding hydrogens is 480 g/mol. The molecule has 0 aliphatic rings. The molecule has 0 aromatic carbocycles. The van der Waals surface area contributed by atoms with Gasteiger partial charge in [0.1, 0.15) is 23.9 Å². The van der Waals surface area contributed by atoms with Crippen LogP contribution in [0, 0.1) is 0 Å². The van der Waals surface area contributed by atoms with Gasteiger partial charge in [0.2, 0.25) is 0 Å². The van der Waals surface area contributed by atoms with Crippen LogP contribution in [-0.2, 0) is 21.7 Å². The summed E-state index contributed by atoms with van der Waals surface area (Å²) in [6.45, 7) is 0. The van der Waals surface area contributed by atoms with E-state index >= 15 is 0 Å². The minimum Gasteiger partial charge on any atom is -0.542 e. The van der Waals surface area contributed by atoms with Crippen molar-refractivity contribution in [2.75, 3.05) is 0 Å². The number of imidazole rings is 4. The van der Waals surface area contributed by atoms with Crippen LogP contribution in [0.15, 0.2) is 49.6 Å². The van der Waals surface area contributed by atoms with Crippen LogP contribution in [0.2, 0.25) is 0 Å². The second-order valence-electron chi connectivity index (χ2n) is 4.90. The number of carboxylic acids is 4. The third-order valence-electron chi connectivity index (χ3n) is 2.77. The molecule has 0 aliphatic heterocycles. The Morgan fingerprint density at radius 1 is 0.485 bits per heavy atom. The molecule has 0 amide bonds. The summed E-state index contributed by atoms with van der Waals surface area (Å²) in [7, 11) is 0. The number of rotatable bonds is 4. The van der Waals surface area contributed by atoms with Gasteiger partial charge in [-0.25, -0.2) is 19.9 Å². The van der Waals surface area contributed by atoms with Crippen molar-refractivity contribution >= 4 is 23.9 Å². The van der Waals surface area contributed by atoms with Crippen LogP contribution in [-0.4, -0.2) is 63.7 Å². The van der Waals surface area contributed by atoms with Crippen LogP contribution in [0.5, 0.6) is 0 Å². The fourth-order valence-electron chi connectivity index (χ4n) is 1.51. The van der Waals surface area contributed by atoms with Crippen LogP contribution in [0.25, 0.3) is 0 Å². The van der Waals surface area contributed by atoms with Crippen molar-refractivity contribution in [3.05, 3.63) is 72.9 Å². The first-order chi connectivity index (χ1) is 15.2. The third kappa shape index (κ3) is 11.4. The first-order valence-corrected chi connectivity index (χ1v) is 8.05. The van der Waals surface area contributed by atoms with Gasteiger partial charge in [-0.2, -0.15) is 0 Å². The molecule has 0 atom stereocenters. The minimum atomic E-state index is -1.28. The van der Waals surface area contributed by atoms with Crippen LogP contribution in [0.4, 0.5) is 0 Å². The number of carbonyl (C=O) groups is 4. The predicted octanol–water partition coefficient (Wildman–Crippen LogP) is -4.91. The standard InChI is InChI=1S/4C4H4N2O2.Ti/c4*7-4(8)3-5-1-2-6-3;/h4*1-2H,(H,5,6)(H,7,8);/q;;;;+4/p-4. The van der Waals surface area contributed by atoms with E-state index in [4.69, 9.17) is 0 Å². The van der Waals surface area contributed by atoms with Gasteiger partial charge in [0, 0.05) is 49.6 Å². The van der Waals surface area contributed by atoms with Gasteiger partial charge in [0.15, 0.2) is 23.3 Å². The molecule has 168 valence electrons. The van der Waals surface area contributed by atoms with Crippen molar-refractivity contribution < 1.29 is 61.3 Å². The van der Waals surface area contributed by atoms with Gasteiger partial charge in [-0.15, -0.1) is 0 Å². The van der Waals surface area contributed by atoms with E-state index in [0.29, 0.717) is 0 Å². The summed E-state index contributed by atoms with van der Waals surface area (Å²) in [5, 5.41) is 39.4. The minimum absolute atomic E-state index is 0. The number of carboxylic acid groups (broad SMARTS) is 4. The molecular formula is C16H12N8O8Ti. The van der Waals surface area contributed by atoms with E-state index in [9.17, 15) is 39.6 Å². The van der Waals surface area contributed by atoms with E-state index in [2.05, 4.69) is 39.9 Å². The van der Waals surface area contributed by atoms with E-state index in [0.717, 1.165) is 0 Å². The molecule has 0 unspecified atom stereocenters. The van der Waals surface area contributed by atoms with E-state index in [1.54, 1.807) is 0 Å². The van der Waals surface area contributed by atoms with E-state index in [1.807, 2.05) is 0 Å². The molecule has 0 spiro atoms. The largest absolute Gasteiger partial charge is 4.00 e. The Hall–Kier alpha value is -4.57. The fourth-order valence-corrected chi connectivity index (χ4v) is 1.51.